The van der Waals surface area contributed by atoms with Crippen LogP contribution in [0.5, 0.6) is 0 Å². The zero-order valence-electron chi connectivity index (χ0n) is 12.0. The first kappa shape index (κ1) is 16.3. The first-order chi connectivity index (χ1) is 10.4. The van der Waals surface area contributed by atoms with Crippen LogP contribution in [0, 0.1) is 13.8 Å². The Bertz CT molecular complexity index is 725. The van der Waals surface area contributed by atoms with Crippen molar-refractivity contribution in [1.82, 2.24) is 0 Å². The van der Waals surface area contributed by atoms with Gasteiger partial charge >= 0.3 is 11.8 Å². The number of hydrogen-bond acceptors (Lipinski definition) is 2. The number of benzene rings is 2. The number of halogens is 2. The first-order valence-electron chi connectivity index (χ1n) is 6.52. The molecule has 0 aliphatic carbocycles. The van der Waals surface area contributed by atoms with Crippen LogP contribution in [0.1, 0.15) is 11.1 Å². The molecule has 2 aromatic rings. The molecule has 0 aliphatic heterocycles. The molecule has 2 amide bonds. The average Bonchev–Trinajstić information content (AvgIpc) is 2.46. The molecule has 0 aromatic heterocycles. The van der Waals surface area contributed by atoms with Crippen molar-refractivity contribution in [1.29, 1.82) is 0 Å². The van der Waals surface area contributed by atoms with Gasteiger partial charge in [-0.15, -0.1) is 0 Å². The third-order valence-electron chi connectivity index (χ3n) is 3.05. The van der Waals surface area contributed by atoms with Crippen LogP contribution in [-0.4, -0.2) is 11.8 Å². The standard InChI is InChI=1S/C16H14Cl2N2O2/c1-9-6-7-10(2)13(8-9)19-15(21)16(22)20-14-11(17)4-3-5-12(14)18/h3-8H,1-2H3,(H,19,21)(H,20,22). The summed E-state index contributed by atoms with van der Waals surface area (Å²) in [5.41, 5.74) is 2.65. The van der Waals surface area contributed by atoms with Gasteiger partial charge in [0.05, 0.1) is 15.7 Å². The zero-order valence-corrected chi connectivity index (χ0v) is 13.5. The monoisotopic (exact) mass is 336 g/mol. The number of rotatable bonds is 2. The lowest BCUT2D eigenvalue weighted by Gasteiger charge is -2.11. The van der Waals surface area contributed by atoms with Crippen LogP contribution in [-0.2, 0) is 9.59 Å². The first-order valence-corrected chi connectivity index (χ1v) is 7.27. The quantitative estimate of drug-likeness (QED) is 0.808. The van der Waals surface area contributed by atoms with Crippen LogP contribution >= 0.6 is 23.2 Å². The molecule has 0 aliphatic rings. The van der Waals surface area contributed by atoms with Crippen LogP contribution in [0.3, 0.4) is 0 Å². The molecule has 2 aromatic carbocycles. The molecule has 0 saturated carbocycles. The topological polar surface area (TPSA) is 58.2 Å². The maximum Gasteiger partial charge on any atom is 0.314 e. The molecule has 0 heterocycles. The van der Waals surface area contributed by atoms with Gasteiger partial charge in [-0.1, -0.05) is 41.4 Å². The normalized spacial score (nSPS) is 10.2. The van der Waals surface area contributed by atoms with Gasteiger partial charge in [0.2, 0.25) is 0 Å². The summed E-state index contributed by atoms with van der Waals surface area (Å²) in [5, 5.41) is 5.52. The summed E-state index contributed by atoms with van der Waals surface area (Å²) in [6, 6.07) is 10.4. The highest BCUT2D eigenvalue weighted by atomic mass is 35.5. The molecule has 6 heteroatoms. The molecule has 0 atom stereocenters. The molecule has 2 N–H and O–H groups in total. The van der Waals surface area contributed by atoms with E-state index >= 15 is 0 Å². The minimum absolute atomic E-state index is 0.215. The Morgan fingerprint density at radius 1 is 0.909 bits per heavy atom. The fourth-order valence-corrected chi connectivity index (χ4v) is 2.33. The number of nitrogens with one attached hydrogen (secondary N) is 2. The fourth-order valence-electron chi connectivity index (χ4n) is 1.84. The van der Waals surface area contributed by atoms with E-state index in [-0.39, 0.29) is 15.7 Å². The Kier molecular flexibility index (Phi) is 5.06. The van der Waals surface area contributed by atoms with Gasteiger partial charge in [0.25, 0.3) is 0 Å². The SMILES string of the molecule is Cc1ccc(C)c(NC(=O)C(=O)Nc2c(Cl)cccc2Cl)c1. The zero-order chi connectivity index (χ0) is 16.3. The summed E-state index contributed by atoms with van der Waals surface area (Å²) >= 11 is 11.9. The lowest BCUT2D eigenvalue weighted by molar-refractivity contribution is -0.133. The van der Waals surface area contributed by atoms with Gasteiger partial charge in [0.1, 0.15) is 0 Å². The second kappa shape index (κ2) is 6.81. The fraction of sp³-hybridized carbons (Fsp3) is 0.125. The smallest absolute Gasteiger partial charge is 0.314 e. The van der Waals surface area contributed by atoms with Crippen molar-refractivity contribution in [3.63, 3.8) is 0 Å². The second-order valence-electron chi connectivity index (χ2n) is 4.82. The van der Waals surface area contributed by atoms with E-state index in [9.17, 15) is 9.59 Å². The average molecular weight is 337 g/mol. The molecule has 4 nitrogen and oxygen atoms in total. The molecular weight excluding hydrogens is 323 g/mol. The highest BCUT2D eigenvalue weighted by Crippen LogP contribution is 2.29. The van der Waals surface area contributed by atoms with Crippen LogP contribution in [0.2, 0.25) is 10.0 Å². The van der Waals surface area contributed by atoms with Crippen molar-refractivity contribution in [2.24, 2.45) is 0 Å². The number of aryl methyl sites for hydroxylation is 2. The lowest BCUT2D eigenvalue weighted by Crippen LogP contribution is -2.29. The Hall–Kier alpha value is -2.04. The van der Waals surface area contributed by atoms with E-state index in [2.05, 4.69) is 10.6 Å². The molecule has 0 saturated heterocycles. The molecule has 0 fully saturated rings. The van der Waals surface area contributed by atoms with Gasteiger partial charge in [-0.25, -0.2) is 0 Å². The lowest BCUT2D eigenvalue weighted by atomic mass is 10.1. The maximum atomic E-state index is 12.0. The number of carbonyl (C=O) groups excluding carboxylic acids is 2. The van der Waals surface area contributed by atoms with Crippen molar-refractivity contribution in [2.75, 3.05) is 10.6 Å². The molecule has 0 bridgehead atoms. The Balaban J connectivity index is 2.13. The largest absolute Gasteiger partial charge is 0.318 e. The minimum Gasteiger partial charge on any atom is -0.318 e. The predicted molar refractivity (Wildman–Crippen MR) is 89.6 cm³/mol. The highest BCUT2D eigenvalue weighted by molar-refractivity contribution is 6.46. The van der Waals surface area contributed by atoms with E-state index in [0.717, 1.165) is 11.1 Å². The summed E-state index contributed by atoms with van der Waals surface area (Å²) < 4.78 is 0. The van der Waals surface area contributed by atoms with Gasteiger partial charge in [-0.05, 0) is 43.2 Å². The maximum absolute atomic E-state index is 12.0. The number of para-hydroxylation sites is 1. The van der Waals surface area contributed by atoms with Crippen molar-refractivity contribution in [2.45, 2.75) is 13.8 Å². The van der Waals surface area contributed by atoms with Crippen LogP contribution < -0.4 is 10.6 Å². The van der Waals surface area contributed by atoms with Crippen molar-refractivity contribution in [3.8, 4) is 0 Å². The molecule has 2 rings (SSSR count). The van der Waals surface area contributed by atoms with Gasteiger partial charge in [-0.3, -0.25) is 9.59 Å². The Labute approximate surface area is 138 Å². The number of anilines is 2. The second-order valence-corrected chi connectivity index (χ2v) is 5.64. The molecule has 22 heavy (non-hydrogen) atoms. The van der Waals surface area contributed by atoms with Gasteiger partial charge in [0, 0.05) is 5.69 Å². The molecule has 0 radical (unpaired) electrons. The van der Waals surface area contributed by atoms with Gasteiger partial charge in [0.15, 0.2) is 0 Å². The molecule has 114 valence electrons. The van der Waals surface area contributed by atoms with Gasteiger partial charge in [-0.2, -0.15) is 0 Å². The summed E-state index contributed by atoms with van der Waals surface area (Å²) in [6.07, 6.45) is 0. The van der Waals surface area contributed by atoms with E-state index in [4.69, 9.17) is 23.2 Å². The summed E-state index contributed by atoms with van der Waals surface area (Å²) in [7, 11) is 0. The molecule has 0 unspecified atom stereocenters. The van der Waals surface area contributed by atoms with Gasteiger partial charge < -0.3 is 10.6 Å². The Morgan fingerprint density at radius 2 is 1.50 bits per heavy atom. The van der Waals surface area contributed by atoms with Crippen LogP contribution in [0.4, 0.5) is 11.4 Å². The van der Waals surface area contributed by atoms with E-state index in [1.165, 1.54) is 0 Å². The Morgan fingerprint density at radius 3 is 2.14 bits per heavy atom. The van der Waals surface area contributed by atoms with Crippen molar-refractivity contribution >= 4 is 46.4 Å². The summed E-state index contributed by atoms with van der Waals surface area (Å²) in [4.78, 5) is 24.0. The number of carbonyl (C=O) groups is 2. The van der Waals surface area contributed by atoms with E-state index < -0.39 is 11.8 Å². The summed E-state index contributed by atoms with van der Waals surface area (Å²) in [5.74, 6) is -1.62. The molecule has 0 spiro atoms. The number of amides is 2. The summed E-state index contributed by atoms with van der Waals surface area (Å²) in [6.45, 7) is 3.75. The third-order valence-corrected chi connectivity index (χ3v) is 3.68. The minimum atomic E-state index is -0.837. The van der Waals surface area contributed by atoms with E-state index in [1.807, 2.05) is 26.0 Å². The van der Waals surface area contributed by atoms with E-state index in [1.54, 1.807) is 24.3 Å². The van der Waals surface area contributed by atoms with E-state index in [0.29, 0.717) is 5.69 Å². The van der Waals surface area contributed by atoms with Crippen molar-refractivity contribution in [3.05, 3.63) is 57.6 Å². The highest BCUT2D eigenvalue weighted by Gasteiger charge is 2.17. The van der Waals surface area contributed by atoms with Crippen LogP contribution in [0.25, 0.3) is 0 Å². The number of hydrogen-bond donors (Lipinski definition) is 2. The third kappa shape index (κ3) is 3.78. The predicted octanol–water partition coefficient (Wildman–Crippen LogP) is 4.19. The molecular formula is C16H14Cl2N2O2. The van der Waals surface area contributed by atoms with Crippen LogP contribution in [0.15, 0.2) is 36.4 Å². The van der Waals surface area contributed by atoms with Crippen molar-refractivity contribution < 1.29 is 9.59 Å².